The fourth-order valence-electron chi connectivity index (χ4n) is 2.26. The van der Waals surface area contributed by atoms with Gasteiger partial charge >= 0.3 is 5.97 Å². The maximum Gasteiger partial charge on any atom is 0.322 e. The Morgan fingerprint density at radius 2 is 2.05 bits per heavy atom. The van der Waals surface area contributed by atoms with E-state index in [2.05, 4.69) is 10.4 Å². The predicted molar refractivity (Wildman–Crippen MR) is 70.4 cm³/mol. The molecule has 0 saturated carbocycles. The van der Waals surface area contributed by atoms with Gasteiger partial charge in [-0.25, -0.2) is 4.68 Å². The molecule has 7 nitrogen and oxygen atoms in total. The summed E-state index contributed by atoms with van der Waals surface area (Å²) in [5, 5.41) is 14.9. The molecular weight excluding hydrogens is 262 g/mol. The molecule has 0 aliphatic heterocycles. The van der Waals surface area contributed by atoms with Crippen molar-refractivity contribution in [1.82, 2.24) is 15.1 Å². The van der Waals surface area contributed by atoms with Crippen molar-refractivity contribution in [3.05, 3.63) is 27.7 Å². The molecule has 1 amide bonds. The van der Waals surface area contributed by atoms with E-state index in [4.69, 9.17) is 5.11 Å². The lowest BCUT2D eigenvalue weighted by Crippen LogP contribution is -2.36. The highest BCUT2D eigenvalue weighted by molar-refractivity contribution is 5.80. The summed E-state index contributed by atoms with van der Waals surface area (Å²) in [7, 11) is 0. The van der Waals surface area contributed by atoms with Crippen molar-refractivity contribution in [3.63, 3.8) is 0 Å². The van der Waals surface area contributed by atoms with Crippen molar-refractivity contribution < 1.29 is 14.7 Å². The van der Waals surface area contributed by atoms with Gasteiger partial charge in [0.15, 0.2) is 0 Å². The van der Waals surface area contributed by atoms with Crippen molar-refractivity contribution in [2.45, 2.75) is 38.6 Å². The number of aliphatic carboxylic acids is 1. The van der Waals surface area contributed by atoms with Gasteiger partial charge in [0, 0.05) is 6.07 Å². The van der Waals surface area contributed by atoms with Crippen LogP contribution in [0.5, 0.6) is 0 Å². The Morgan fingerprint density at radius 1 is 1.30 bits per heavy atom. The lowest BCUT2D eigenvalue weighted by atomic mass is 10.1. The molecule has 1 aliphatic rings. The van der Waals surface area contributed by atoms with Gasteiger partial charge in [-0.05, 0) is 31.2 Å². The number of carbonyl (C=O) groups excluding carboxylic acids is 1. The van der Waals surface area contributed by atoms with E-state index in [9.17, 15) is 14.4 Å². The first-order valence-corrected chi connectivity index (χ1v) is 6.64. The van der Waals surface area contributed by atoms with E-state index in [0.29, 0.717) is 0 Å². The second-order valence-electron chi connectivity index (χ2n) is 4.84. The van der Waals surface area contributed by atoms with Crippen LogP contribution in [-0.2, 0) is 29.0 Å². The number of carboxylic acids is 1. The number of hydrogen-bond donors (Lipinski definition) is 2. The highest BCUT2D eigenvalue weighted by atomic mass is 16.4. The molecule has 1 heterocycles. The van der Waals surface area contributed by atoms with Crippen LogP contribution < -0.4 is 10.9 Å². The summed E-state index contributed by atoms with van der Waals surface area (Å²) in [6.07, 6.45) is 4.86. The highest BCUT2D eigenvalue weighted by Gasteiger charge is 2.14. The third-order valence-corrected chi connectivity index (χ3v) is 3.25. The third kappa shape index (κ3) is 3.66. The van der Waals surface area contributed by atoms with Gasteiger partial charge in [0.05, 0.1) is 5.69 Å². The molecule has 0 saturated heterocycles. The van der Waals surface area contributed by atoms with E-state index in [1.54, 1.807) is 0 Å². The summed E-state index contributed by atoms with van der Waals surface area (Å²) in [6, 6.07) is 1.54. The minimum atomic E-state index is -1.12. The highest BCUT2D eigenvalue weighted by Crippen LogP contribution is 2.16. The Labute approximate surface area is 115 Å². The molecule has 0 spiro atoms. The molecule has 2 N–H and O–H groups in total. The summed E-state index contributed by atoms with van der Waals surface area (Å²) in [6.45, 7) is -0.710. The van der Waals surface area contributed by atoms with E-state index in [1.807, 2.05) is 0 Å². The van der Waals surface area contributed by atoms with Gasteiger partial charge in [0.1, 0.15) is 13.1 Å². The minimum absolute atomic E-state index is 0.251. The maximum absolute atomic E-state index is 11.9. The van der Waals surface area contributed by atoms with Crippen LogP contribution in [0, 0.1) is 0 Å². The number of nitrogens with one attached hydrogen (secondary N) is 1. The molecule has 1 aromatic rings. The van der Waals surface area contributed by atoms with Crippen LogP contribution >= 0.6 is 0 Å². The number of aromatic nitrogens is 2. The molecule has 2 rings (SSSR count). The number of carbonyl (C=O) groups is 2. The first-order chi connectivity index (χ1) is 9.56. The van der Waals surface area contributed by atoms with Gasteiger partial charge in [-0.3, -0.25) is 14.4 Å². The number of aryl methyl sites for hydroxylation is 2. The fourth-order valence-corrected chi connectivity index (χ4v) is 2.26. The number of fused-ring (bicyclic) bond motifs is 1. The molecule has 7 heteroatoms. The molecule has 0 radical (unpaired) electrons. The fraction of sp³-hybridized carbons (Fsp3) is 0.538. The van der Waals surface area contributed by atoms with Gasteiger partial charge in [0.2, 0.25) is 5.91 Å². The second kappa shape index (κ2) is 6.31. The summed E-state index contributed by atoms with van der Waals surface area (Å²) in [5.74, 6) is -1.66. The lowest BCUT2D eigenvalue weighted by molar-refractivity contribution is -0.138. The smallest absolute Gasteiger partial charge is 0.322 e. The van der Waals surface area contributed by atoms with Crippen molar-refractivity contribution in [2.75, 3.05) is 6.54 Å². The van der Waals surface area contributed by atoms with E-state index in [0.717, 1.165) is 48.0 Å². The van der Waals surface area contributed by atoms with E-state index < -0.39 is 18.4 Å². The number of hydrogen-bond acceptors (Lipinski definition) is 4. The normalized spacial score (nSPS) is 14.2. The SMILES string of the molecule is O=C(O)CNC(=O)Cn1nc2c(cc1=O)CCCCC2. The Kier molecular flexibility index (Phi) is 4.49. The summed E-state index contributed by atoms with van der Waals surface area (Å²) >= 11 is 0. The van der Waals surface area contributed by atoms with Crippen molar-refractivity contribution >= 4 is 11.9 Å². The Morgan fingerprint density at radius 3 is 2.80 bits per heavy atom. The van der Waals surface area contributed by atoms with Crippen molar-refractivity contribution in [2.24, 2.45) is 0 Å². The van der Waals surface area contributed by atoms with E-state index in [1.165, 1.54) is 6.07 Å². The molecule has 0 unspecified atom stereocenters. The molecule has 20 heavy (non-hydrogen) atoms. The average Bonchev–Trinajstić information content (AvgIpc) is 2.62. The summed E-state index contributed by atoms with van der Waals surface area (Å²) in [4.78, 5) is 33.8. The zero-order valence-electron chi connectivity index (χ0n) is 11.1. The molecule has 108 valence electrons. The van der Waals surface area contributed by atoms with Crippen molar-refractivity contribution in [1.29, 1.82) is 0 Å². The van der Waals surface area contributed by atoms with Crippen LogP contribution in [0.2, 0.25) is 0 Å². The average molecular weight is 279 g/mol. The van der Waals surface area contributed by atoms with Crippen LogP contribution in [-0.4, -0.2) is 33.3 Å². The van der Waals surface area contributed by atoms with Crippen LogP contribution in [0.4, 0.5) is 0 Å². The topological polar surface area (TPSA) is 101 Å². The van der Waals surface area contributed by atoms with Crippen LogP contribution in [0.25, 0.3) is 0 Å². The summed E-state index contributed by atoms with van der Waals surface area (Å²) < 4.78 is 1.10. The van der Waals surface area contributed by atoms with Gasteiger partial charge in [-0.2, -0.15) is 5.10 Å². The lowest BCUT2D eigenvalue weighted by Gasteiger charge is -2.09. The van der Waals surface area contributed by atoms with Crippen LogP contribution in [0.1, 0.15) is 30.5 Å². The van der Waals surface area contributed by atoms with Gasteiger partial charge in [-0.15, -0.1) is 0 Å². The number of rotatable bonds is 4. The third-order valence-electron chi connectivity index (χ3n) is 3.25. The van der Waals surface area contributed by atoms with E-state index in [-0.39, 0.29) is 12.1 Å². The van der Waals surface area contributed by atoms with Gasteiger partial charge in [-0.1, -0.05) is 6.42 Å². The molecule has 1 aromatic heterocycles. The van der Waals surface area contributed by atoms with Gasteiger partial charge < -0.3 is 10.4 Å². The van der Waals surface area contributed by atoms with E-state index >= 15 is 0 Å². The van der Waals surface area contributed by atoms with Gasteiger partial charge in [0.25, 0.3) is 5.56 Å². The monoisotopic (exact) mass is 279 g/mol. The second-order valence-corrected chi connectivity index (χ2v) is 4.84. The first-order valence-electron chi connectivity index (χ1n) is 6.64. The first kappa shape index (κ1) is 14.2. The minimum Gasteiger partial charge on any atom is -0.480 e. The van der Waals surface area contributed by atoms with Crippen LogP contribution in [0.15, 0.2) is 10.9 Å². The Balaban J connectivity index is 2.12. The maximum atomic E-state index is 11.9. The molecule has 0 aromatic carbocycles. The Hall–Kier alpha value is -2.18. The zero-order chi connectivity index (χ0) is 14.5. The Bertz CT molecular complexity index is 579. The molecular formula is C13H17N3O4. The largest absolute Gasteiger partial charge is 0.480 e. The predicted octanol–water partition coefficient (Wildman–Crippen LogP) is -0.287. The summed E-state index contributed by atoms with van der Waals surface area (Å²) in [5.41, 5.74) is 1.51. The van der Waals surface area contributed by atoms with Crippen LogP contribution in [0.3, 0.4) is 0 Å². The molecule has 1 aliphatic carbocycles. The van der Waals surface area contributed by atoms with Crippen molar-refractivity contribution in [3.8, 4) is 0 Å². The standard InChI is InChI=1S/C13H17N3O4/c17-11(14-7-13(19)20)8-16-12(18)6-9-4-2-1-3-5-10(9)15-16/h6H,1-5,7-8H2,(H,14,17)(H,19,20). The molecule has 0 bridgehead atoms. The number of carboxylic acid groups (broad SMARTS) is 1. The quantitative estimate of drug-likeness (QED) is 0.738. The molecule has 0 fully saturated rings. The molecule has 0 atom stereocenters. The number of nitrogens with zero attached hydrogens (tertiary/aromatic N) is 2. The zero-order valence-corrected chi connectivity index (χ0v) is 11.1. The number of amides is 1.